The standard InChI is InChI=1S/2C25H32ClN3O/c1-18-9-14-23-25(19(18)2)27-24(17-30-22-12-10-20(26)11-13-22)29(23)16-6-8-21-7-4-5-15-28(21)3;1-18-9-14-23-25(19(18)2)29(16-6-8-21-7-4-5-15-28(21)3)24(27-23)17-30-22-12-10-20(26)11-13-22/h2*9-14,21H,4-8,15-17H2,1-3H3. The van der Waals surface area contributed by atoms with E-state index in [0.29, 0.717) is 35.3 Å². The van der Waals surface area contributed by atoms with E-state index in [0.717, 1.165) is 60.1 Å². The number of rotatable bonds is 14. The normalized spacial score (nSPS) is 17.5. The molecule has 0 N–H and O–H groups in total. The largest absolute Gasteiger partial charge is 0.486 e. The van der Waals surface area contributed by atoms with Crippen molar-refractivity contribution in [2.45, 2.75) is 130 Å². The van der Waals surface area contributed by atoms with Crippen molar-refractivity contribution in [2.75, 3.05) is 27.2 Å². The molecule has 4 heterocycles. The fourth-order valence-electron chi connectivity index (χ4n) is 9.08. The number of halogens is 2. The van der Waals surface area contributed by atoms with E-state index in [1.54, 1.807) is 0 Å². The molecule has 4 aromatic carbocycles. The van der Waals surface area contributed by atoms with Crippen molar-refractivity contribution in [3.63, 3.8) is 0 Å². The van der Waals surface area contributed by atoms with Gasteiger partial charge in [-0.3, -0.25) is 0 Å². The first-order valence-electron chi connectivity index (χ1n) is 22.1. The lowest BCUT2D eigenvalue weighted by Gasteiger charge is -2.32. The third-order valence-electron chi connectivity index (χ3n) is 13.1. The van der Waals surface area contributed by atoms with Gasteiger partial charge in [0.1, 0.15) is 36.4 Å². The summed E-state index contributed by atoms with van der Waals surface area (Å²) in [5, 5.41) is 1.43. The number of fused-ring (bicyclic) bond motifs is 2. The van der Waals surface area contributed by atoms with E-state index in [-0.39, 0.29) is 0 Å². The zero-order valence-corrected chi connectivity index (χ0v) is 38.2. The third kappa shape index (κ3) is 10.9. The van der Waals surface area contributed by atoms with Crippen LogP contribution in [0.3, 0.4) is 0 Å². The Morgan fingerprint density at radius 3 is 1.63 bits per heavy atom. The van der Waals surface area contributed by atoms with Crippen LogP contribution in [0.25, 0.3) is 22.1 Å². The first-order chi connectivity index (χ1) is 29.0. The zero-order chi connectivity index (χ0) is 42.2. The fourth-order valence-corrected chi connectivity index (χ4v) is 9.33. The molecule has 0 saturated carbocycles. The summed E-state index contributed by atoms with van der Waals surface area (Å²) in [4.78, 5) is 15.0. The van der Waals surface area contributed by atoms with Crippen molar-refractivity contribution in [1.29, 1.82) is 0 Å². The van der Waals surface area contributed by atoms with Crippen LogP contribution in [0.1, 0.15) is 98.1 Å². The minimum atomic E-state index is 0.456. The summed E-state index contributed by atoms with van der Waals surface area (Å²) in [7, 11) is 4.54. The lowest BCUT2D eigenvalue weighted by Crippen LogP contribution is -2.36. The second kappa shape index (κ2) is 20.7. The highest BCUT2D eigenvalue weighted by Gasteiger charge is 2.21. The summed E-state index contributed by atoms with van der Waals surface area (Å²) < 4.78 is 16.8. The lowest BCUT2D eigenvalue weighted by molar-refractivity contribution is 0.172. The van der Waals surface area contributed by atoms with Crippen LogP contribution in [-0.4, -0.2) is 68.2 Å². The SMILES string of the molecule is Cc1ccc2c(nc(COc3ccc(Cl)cc3)n2CCCC2CCCCN2C)c1C.Cc1ccc2nc(COc3ccc(Cl)cc3)n(CCCC3CCCCN3C)c2c1C. The number of benzene rings is 4. The Balaban J connectivity index is 0.000000181. The molecule has 0 aliphatic carbocycles. The number of hydrogen-bond donors (Lipinski definition) is 0. The number of likely N-dealkylation sites (tertiary alicyclic amines) is 2. The fraction of sp³-hybridized carbons (Fsp3) is 0.480. The van der Waals surface area contributed by atoms with E-state index in [4.69, 9.17) is 42.6 Å². The monoisotopic (exact) mass is 850 g/mol. The van der Waals surface area contributed by atoms with Gasteiger partial charge >= 0.3 is 0 Å². The lowest BCUT2D eigenvalue weighted by atomic mass is 9.98. The van der Waals surface area contributed by atoms with Crippen LogP contribution in [0, 0.1) is 27.7 Å². The van der Waals surface area contributed by atoms with E-state index in [1.807, 2.05) is 48.5 Å². The minimum absolute atomic E-state index is 0.456. The van der Waals surface area contributed by atoms with Crippen molar-refractivity contribution in [1.82, 2.24) is 28.9 Å². The van der Waals surface area contributed by atoms with Crippen LogP contribution in [0.5, 0.6) is 11.5 Å². The Bertz CT molecular complexity index is 2270. The average molecular weight is 852 g/mol. The van der Waals surface area contributed by atoms with Gasteiger partial charge in [-0.2, -0.15) is 0 Å². The number of piperidine rings is 2. The zero-order valence-electron chi connectivity index (χ0n) is 36.7. The number of hydrogen-bond acceptors (Lipinski definition) is 6. The van der Waals surface area contributed by atoms with Crippen molar-refractivity contribution >= 4 is 45.3 Å². The summed E-state index contributed by atoms with van der Waals surface area (Å²) in [6.07, 6.45) is 12.8. The molecule has 0 amide bonds. The van der Waals surface area contributed by atoms with E-state index < -0.39 is 0 Å². The molecular weight excluding hydrogens is 787 g/mol. The molecule has 2 aromatic heterocycles. The average Bonchev–Trinajstić information content (AvgIpc) is 3.79. The molecule has 6 aromatic rings. The molecule has 10 heteroatoms. The van der Waals surface area contributed by atoms with Gasteiger partial charge in [0.25, 0.3) is 0 Å². The van der Waals surface area contributed by atoms with Crippen LogP contribution in [0.2, 0.25) is 10.0 Å². The maximum atomic E-state index is 6.05. The number of imidazole rings is 2. The van der Waals surface area contributed by atoms with Gasteiger partial charge in [-0.1, -0.05) is 48.2 Å². The Morgan fingerprint density at radius 1 is 0.583 bits per heavy atom. The summed E-state index contributed by atoms with van der Waals surface area (Å²) in [6, 6.07) is 25.2. The van der Waals surface area contributed by atoms with Gasteiger partial charge in [0, 0.05) is 35.2 Å². The molecular formula is C50H64Cl2N6O2. The Kier molecular flexibility index (Phi) is 15.1. The summed E-state index contributed by atoms with van der Waals surface area (Å²) in [5.74, 6) is 3.61. The highest BCUT2D eigenvalue weighted by Crippen LogP contribution is 2.28. The smallest absolute Gasteiger partial charge is 0.148 e. The first kappa shape index (κ1) is 44.0. The molecule has 320 valence electrons. The number of ether oxygens (including phenoxy) is 2. The van der Waals surface area contributed by atoms with Gasteiger partial charge in [0.15, 0.2) is 0 Å². The van der Waals surface area contributed by atoms with Crippen molar-refractivity contribution < 1.29 is 9.47 Å². The Labute approximate surface area is 367 Å². The Hall–Kier alpha value is -4.08. The van der Waals surface area contributed by atoms with E-state index >= 15 is 0 Å². The van der Waals surface area contributed by atoms with Crippen LogP contribution in [0.4, 0.5) is 0 Å². The molecule has 8 rings (SSSR count). The van der Waals surface area contributed by atoms with Gasteiger partial charge in [0.2, 0.25) is 0 Å². The Morgan fingerprint density at radius 2 is 1.08 bits per heavy atom. The van der Waals surface area contributed by atoms with Crippen molar-refractivity contribution in [2.24, 2.45) is 0 Å². The van der Waals surface area contributed by atoms with Crippen LogP contribution >= 0.6 is 23.2 Å². The van der Waals surface area contributed by atoms with Gasteiger partial charge in [-0.15, -0.1) is 0 Å². The molecule has 60 heavy (non-hydrogen) atoms. The molecule has 2 unspecified atom stereocenters. The quantitative estimate of drug-likeness (QED) is 0.109. The van der Waals surface area contributed by atoms with Gasteiger partial charge in [-0.25, -0.2) is 9.97 Å². The number of aryl methyl sites for hydroxylation is 6. The first-order valence-corrected chi connectivity index (χ1v) is 22.9. The number of nitrogens with zero attached hydrogens (tertiary/aromatic N) is 6. The topological polar surface area (TPSA) is 60.6 Å². The molecule has 2 aliphatic rings. The summed E-state index contributed by atoms with van der Waals surface area (Å²) in [5.41, 5.74) is 9.77. The molecule has 2 atom stereocenters. The van der Waals surface area contributed by atoms with Crippen LogP contribution in [-0.2, 0) is 26.3 Å². The van der Waals surface area contributed by atoms with Crippen molar-refractivity contribution in [3.05, 3.63) is 117 Å². The second-order valence-corrected chi connectivity index (χ2v) is 18.0. The highest BCUT2D eigenvalue weighted by molar-refractivity contribution is 6.30. The summed E-state index contributed by atoms with van der Waals surface area (Å²) >= 11 is 12.0. The van der Waals surface area contributed by atoms with E-state index in [2.05, 4.69) is 85.0 Å². The van der Waals surface area contributed by atoms with Crippen molar-refractivity contribution in [3.8, 4) is 11.5 Å². The van der Waals surface area contributed by atoms with Gasteiger partial charge < -0.3 is 28.4 Å². The molecule has 2 saturated heterocycles. The highest BCUT2D eigenvalue weighted by atomic mass is 35.5. The van der Waals surface area contributed by atoms with Crippen LogP contribution < -0.4 is 9.47 Å². The number of aromatic nitrogens is 4. The van der Waals surface area contributed by atoms with Crippen LogP contribution in [0.15, 0.2) is 72.8 Å². The van der Waals surface area contributed by atoms with E-state index in [1.165, 1.54) is 97.7 Å². The second-order valence-electron chi connectivity index (χ2n) is 17.1. The van der Waals surface area contributed by atoms with Gasteiger partial charge in [-0.05, 0) is 189 Å². The molecule has 2 fully saturated rings. The van der Waals surface area contributed by atoms with E-state index in [9.17, 15) is 0 Å². The third-order valence-corrected chi connectivity index (χ3v) is 13.6. The molecule has 0 spiro atoms. The molecule has 0 radical (unpaired) electrons. The summed E-state index contributed by atoms with van der Waals surface area (Å²) in [6.45, 7) is 14.0. The minimum Gasteiger partial charge on any atom is -0.486 e. The maximum absolute atomic E-state index is 6.05. The molecule has 2 aliphatic heterocycles. The predicted octanol–water partition coefficient (Wildman–Crippen LogP) is 12.3. The van der Waals surface area contributed by atoms with Gasteiger partial charge in [0.05, 0.1) is 22.1 Å². The predicted molar refractivity (Wildman–Crippen MR) is 249 cm³/mol. The molecule has 0 bridgehead atoms. The maximum Gasteiger partial charge on any atom is 0.148 e. The molecule has 8 nitrogen and oxygen atoms in total.